The van der Waals surface area contributed by atoms with E-state index in [-0.39, 0.29) is 6.04 Å². The Morgan fingerprint density at radius 3 is 3.08 bits per heavy atom. The first-order valence-electron chi connectivity index (χ1n) is 4.18. The van der Waals surface area contributed by atoms with Crippen LogP contribution in [-0.2, 0) is 13.5 Å². The van der Waals surface area contributed by atoms with Gasteiger partial charge in [-0.25, -0.2) is 0 Å². The lowest BCUT2D eigenvalue weighted by Crippen LogP contribution is -2.36. The highest BCUT2D eigenvalue weighted by atomic mass is 15.4. The summed E-state index contributed by atoms with van der Waals surface area (Å²) in [5.74, 6) is 5.36. The van der Waals surface area contributed by atoms with Gasteiger partial charge < -0.3 is 0 Å². The lowest BCUT2D eigenvalue weighted by molar-refractivity contribution is 0.525. The zero-order valence-corrected chi connectivity index (χ0v) is 7.77. The van der Waals surface area contributed by atoms with Crippen LogP contribution in [0.15, 0.2) is 18.9 Å². The number of nitrogens with zero attached hydrogens (tertiary/aromatic N) is 3. The maximum atomic E-state index is 5.36. The van der Waals surface area contributed by atoms with E-state index >= 15 is 0 Å². The van der Waals surface area contributed by atoms with Gasteiger partial charge in [0.2, 0.25) is 0 Å². The van der Waals surface area contributed by atoms with Crippen molar-refractivity contribution in [3.8, 4) is 0 Å². The molecule has 0 aromatic carbocycles. The molecule has 1 aromatic rings. The summed E-state index contributed by atoms with van der Waals surface area (Å²) < 4.78 is 1.68. The monoisotopic (exact) mass is 181 g/mol. The topological polar surface area (TPSA) is 68.8 Å². The molecule has 0 bridgehead atoms. The van der Waals surface area contributed by atoms with Gasteiger partial charge in [0.1, 0.15) is 0 Å². The maximum Gasteiger partial charge on any atom is 0.0843 e. The Labute approximate surface area is 77.6 Å². The van der Waals surface area contributed by atoms with Gasteiger partial charge in [-0.2, -0.15) is 0 Å². The van der Waals surface area contributed by atoms with E-state index in [9.17, 15) is 0 Å². The van der Waals surface area contributed by atoms with Crippen LogP contribution in [0.4, 0.5) is 0 Å². The van der Waals surface area contributed by atoms with Crippen LogP contribution in [0.25, 0.3) is 0 Å². The molecule has 1 heterocycles. The van der Waals surface area contributed by atoms with Gasteiger partial charge in [-0.15, -0.1) is 11.7 Å². The molecule has 72 valence electrons. The van der Waals surface area contributed by atoms with E-state index in [2.05, 4.69) is 22.3 Å². The molecule has 5 heteroatoms. The summed E-state index contributed by atoms with van der Waals surface area (Å²) in [6.45, 7) is 3.66. The van der Waals surface area contributed by atoms with Crippen molar-refractivity contribution in [2.75, 3.05) is 0 Å². The Kier molecular flexibility index (Phi) is 3.60. The summed E-state index contributed by atoms with van der Waals surface area (Å²) in [5.41, 5.74) is 3.65. The number of hydrogen-bond donors (Lipinski definition) is 2. The highest BCUT2D eigenvalue weighted by molar-refractivity contribution is 4.96. The minimum atomic E-state index is 0.189. The van der Waals surface area contributed by atoms with Gasteiger partial charge >= 0.3 is 0 Å². The molecule has 0 saturated heterocycles. The molecular weight excluding hydrogens is 166 g/mol. The lowest BCUT2D eigenvalue weighted by atomic mass is 10.1. The van der Waals surface area contributed by atoms with Crippen LogP contribution >= 0.6 is 0 Å². The SMILES string of the molecule is C=CCC(Cc1cn(C)nn1)NN. The Balaban J connectivity index is 2.50. The molecule has 0 aliphatic heterocycles. The smallest absolute Gasteiger partial charge is 0.0843 e. The zero-order chi connectivity index (χ0) is 9.68. The van der Waals surface area contributed by atoms with Crippen LogP contribution in [-0.4, -0.2) is 21.0 Å². The highest BCUT2D eigenvalue weighted by Crippen LogP contribution is 2.01. The lowest BCUT2D eigenvalue weighted by Gasteiger charge is -2.10. The summed E-state index contributed by atoms with van der Waals surface area (Å²) in [6, 6.07) is 0.189. The van der Waals surface area contributed by atoms with Crippen molar-refractivity contribution in [1.82, 2.24) is 20.4 Å². The van der Waals surface area contributed by atoms with Crippen molar-refractivity contribution in [1.29, 1.82) is 0 Å². The van der Waals surface area contributed by atoms with E-state index < -0.39 is 0 Å². The van der Waals surface area contributed by atoms with Crippen molar-refractivity contribution >= 4 is 0 Å². The van der Waals surface area contributed by atoms with Crippen LogP contribution in [0.5, 0.6) is 0 Å². The fourth-order valence-corrected chi connectivity index (χ4v) is 1.15. The molecule has 0 amide bonds. The van der Waals surface area contributed by atoms with Gasteiger partial charge in [0.25, 0.3) is 0 Å². The van der Waals surface area contributed by atoms with E-state index in [1.807, 2.05) is 19.3 Å². The molecule has 0 aliphatic carbocycles. The second-order valence-corrected chi connectivity index (χ2v) is 2.98. The molecule has 3 N–H and O–H groups in total. The number of rotatable bonds is 5. The Morgan fingerprint density at radius 1 is 1.85 bits per heavy atom. The summed E-state index contributed by atoms with van der Waals surface area (Å²) in [4.78, 5) is 0. The number of aromatic nitrogens is 3. The maximum absolute atomic E-state index is 5.36. The van der Waals surface area contributed by atoms with Crippen LogP contribution in [0.1, 0.15) is 12.1 Å². The van der Waals surface area contributed by atoms with Crippen LogP contribution in [0.3, 0.4) is 0 Å². The average Bonchev–Trinajstić information content (AvgIpc) is 2.50. The quantitative estimate of drug-likeness (QED) is 0.374. The number of nitrogens with one attached hydrogen (secondary N) is 1. The number of hydrogen-bond acceptors (Lipinski definition) is 4. The van der Waals surface area contributed by atoms with Crippen LogP contribution < -0.4 is 11.3 Å². The second kappa shape index (κ2) is 4.74. The van der Waals surface area contributed by atoms with Gasteiger partial charge in [-0.05, 0) is 6.42 Å². The summed E-state index contributed by atoms with van der Waals surface area (Å²) in [6.07, 6.45) is 5.32. The average molecular weight is 181 g/mol. The van der Waals surface area contributed by atoms with Gasteiger partial charge in [-0.3, -0.25) is 16.0 Å². The normalized spacial score (nSPS) is 12.8. The van der Waals surface area contributed by atoms with Gasteiger partial charge in [0.15, 0.2) is 0 Å². The molecule has 5 nitrogen and oxygen atoms in total. The van der Waals surface area contributed by atoms with E-state index in [0.29, 0.717) is 0 Å². The van der Waals surface area contributed by atoms with Gasteiger partial charge in [0.05, 0.1) is 5.69 Å². The molecule has 0 saturated carbocycles. The molecule has 13 heavy (non-hydrogen) atoms. The molecule has 0 spiro atoms. The van der Waals surface area contributed by atoms with Gasteiger partial charge in [-0.1, -0.05) is 11.3 Å². The van der Waals surface area contributed by atoms with Crippen molar-refractivity contribution in [3.05, 3.63) is 24.5 Å². The van der Waals surface area contributed by atoms with Crippen LogP contribution in [0.2, 0.25) is 0 Å². The molecule has 0 fully saturated rings. The number of aryl methyl sites for hydroxylation is 1. The standard InChI is InChI=1S/C8H15N5/c1-3-4-7(10-9)5-8-6-13(2)12-11-8/h3,6-7,10H,1,4-5,9H2,2H3. The highest BCUT2D eigenvalue weighted by Gasteiger charge is 2.07. The molecule has 0 radical (unpaired) electrons. The molecule has 1 aromatic heterocycles. The predicted molar refractivity (Wildman–Crippen MR) is 50.6 cm³/mol. The molecule has 1 rings (SSSR count). The summed E-state index contributed by atoms with van der Waals surface area (Å²) in [5, 5.41) is 7.81. The Morgan fingerprint density at radius 2 is 2.62 bits per heavy atom. The summed E-state index contributed by atoms with van der Waals surface area (Å²) in [7, 11) is 1.84. The first-order valence-corrected chi connectivity index (χ1v) is 4.18. The van der Waals surface area contributed by atoms with Crippen molar-refractivity contribution in [2.45, 2.75) is 18.9 Å². The minimum Gasteiger partial charge on any atom is -0.271 e. The first-order chi connectivity index (χ1) is 6.26. The largest absolute Gasteiger partial charge is 0.271 e. The number of nitrogens with two attached hydrogens (primary N) is 1. The third-order valence-electron chi connectivity index (χ3n) is 1.79. The van der Waals surface area contributed by atoms with E-state index in [1.54, 1.807) is 4.68 Å². The van der Waals surface area contributed by atoms with E-state index in [0.717, 1.165) is 18.5 Å². The molecular formula is C8H15N5. The van der Waals surface area contributed by atoms with Crippen LogP contribution in [0, 0.1) is 0 Å². The van der Waals surface area contributed by atoms with E-state index in [1.165, 1.54) is 0 Å². The number of hydrazine groups is 1. The molecule has 0 aliphatic rings. The third kappa shape index (κ3) is 2.96. The molecule has 1 atom stereocenters. The Bertz CT molecular complexity index is 267. The predicted octanol–water partition coefficient (Wildman–Crippen LogP) is -0.234. The fraction of sp³-hybridized carbons (Fsp3) is 0.500. The summed E-state index contributed by atoms with van der Waals surface area (Å²) >= 11 is 0. The van der Waals surface area contributed by atoms with Crippen molar-refractivity contribution in [3.63, 3.8) is 0 Å². The fourth-order valence-electron chi connectivity index (χ4n) is 1.15. The zero-order valence-electron chi connectivity index (χ0n) is 7.77. The molecule has 1 unspecified atom stereocenters. The van der Waals surface area contributed by atoms with Crippen molar-refractivity contribution < 1.29 is 0 Å². The van der Waals surface area contributed by atoms with Gasteiger partial charge in [0, 0.05) is 25.7 Å². The van der Waals surface area contributed by atoms with Crippen molar-refractivity contribution in [2.24, 2.45) is 12.9 Å². The minimum absolute atomic E-state index is 0.189. The van der Waals surface area contributed by atoms with E-state index in [4.69, 9.17) is 5.84 Å². The third-order valence-corrected chi connectivity index (χ3v) is 1.79. The first kappa shape index (κ1) is 9.88. The Hall–Kier alpha value is -1.20. The second-order valence-electron chi connectivity index (χ2n) is 2.98.